The van der Waals surface area contributed by atoms with Crippen molar-refractivity contribution in [2.45, 2.75) is 18.8 Å². The van der Waals surface area contributed by atoms with Crippen molar-refractivity contribution in [3.8, 4) is 11.4 Å². The van der Waals surface area contributed by atoms with Crippen molar-refractivity contribution >= 4 is 6.08 Å². The van der Waals surface area contributed by atoms with E-state index in [4.69, 9.17) is 0 Å². The number of benzene rings is 2. The summed E-state index contributed by atoms with van der Waals surface area (Å²) in [4.78, 5) is 8.99. The number of hydrogen-bond acceptors (Lipinski definition) is 2. The fourth-order valence-electron chi connectivity index (χ4n) is 3.43. The van der Waals surface area contributed by atoms with Gasteiger partial charge in [0.25, 0.3) is 0 Å². The third kappa shape index (κ3) is 5.26. The van der Waals surface area contributed by atoms with Crippen LogP contribution in [0, 0.1) is 0 Å². The summed E-state index contributed by atoms with van der Waals surface area (Å²) in [6.45, 7) is 0. The number of hydrogen-bond donors (Lipinski definition) is 0. The Labute approximate surface area is 174 Å². The second-order valence-corrected chi connectivity index (χ2v) is 7.09. The minimum atomic E-state index is 0. The molecule has 1 unspecified atom stereocenters. The highest BCUT2D eigenvalue weighted by Crippen LogP contribution is 2.25. The van der Waals surface area contributed by atoms with E-state index in [9.17, 15) is 0 Å². The molecule has 0 aliphatic rings. The molecule has 2 heteroatoms. The Bertz CT molecular complexity index is 1030. The number of allylic oxidation sites excluding steroid dienone is 1. The molecule has 1 atom stereocenters. The predicted molar refractivity (Wildman–Crippen MR) is 123 cm³/mol. The van der Waals surface area contributed by atoms with E-state index in [2.05, 4.69) is 88.9 Å². The number of rotatable bonds is 7. The van der Waals surface area contributed by atoms with Crippen LogP contribution in [0.3, 0.4) is 0 Å². The smallest absolute Gasteiger partial charge is 0.0886 e. The number of nitrogens with zero attached hydrogens (tertiary/aromatic N) is 2. The minimum Gasteiger partial charge on any atom is -0.255 e. The van der Waals surface area contributed by atoms with Crippen molar-refractivity contribution in [3.63, 3.8) is 0 Å². The van der Waals surface area contributed by atoms with Gasteiger partial charge in [-0.3, -0.25) is 9.97 Å². The normalized spacial score (nSPS) is 12.1. The first-order valence-corrected chi connectivity index (χ1v) is 10.0. The molecule has 0 fully saturated rings. The molecule has 0 saturated heterocycles. The summed E-state index contributed by atoms with van der Waals surface area (Å²) in [6, 6.07) is 31.3. The summed E-state index contributed by atoms with van der Waals surface area (Å²) in [5, 5.41) is 0. The highest BCUT2D eigenvalue weighted by Gasteiger charge is 2.09. The molecular weight excluding hydrogens is 352 g/mol. The van der Waals surface area contributed by atoms with Crippen LogP contribution < -0.4 is 0 Å². The molecule has 4 aromatic rings. The van der Waals surface area contributed by atoms with Crippen LogP contribution in [0.15, 0.2) is 109 Å². The fraction of sp³-hybridized carbons (Fsp3) is 0.111. The van der Waals surface area contributed by atoms with Crippen LogP contribution in [0.25, 0.3) is 17.5 Å². The van der Waals surface area contributed by atoms with E-state index < -0.39 is 0 Å². The van der Waals surface area contributed by atoms with Crippen molar-refractivity contribution in [1.29, 1.82) is 0 Å². The predicted octanol–water partition coefficient (Wildman–Crippen LogP) is 6.82. The molecule has 0 radical (unpaired) electrons. The van der Waals surface area contributed by atoms with Gasteiger partial charge in [-0.2, -0.15) is 0 Å². The number of aromatic nitrogens is 2. The van der Waals surface area contributed by atoms with Crippen LogP contribution in [-0.4, -0.2) is 9.97 Å². The lowest BCUT2D eigenvalue weighted by Crippen LogP contribution is -1.99. The first-order valence-electron chi connectivity index (χ1n) is 10.0. The van der Waals surface area contributed by atoms with Gasteiger partial charge < -0.3 is 0 Å². The maximum absolute atomic E-state index is 4.61. The van der Waals surface area contributed by atoms with E-state index in [1.165, 1.54) is 16.7 Å². The van der Waals surface area contributed by atoms with Gasteiger partial charge >= 0.3 is 0 Å². The lowest BCUT2D eigenvalue weighted by atomic mass is 9.91. The second-order valence-electron chi connectivity index (χ2n) is 7.09. The molecular formula is C27H26N2. The molecule has 144 valence electrons. The van der Waals surface area contributed by atoms with Gasteiger partial charge in [0.15, 0.2) is 0 Å². The van der Waals surface area contributed by atoms with E-state index in [0.717, 1.165) is 24.2 Å². The Morgan fingerprint density at radius 3 is 2.14 bits per heavy atom. The van der Waals surface area contributed by atoms with Crippen LogP contribution in [0.2, 0.25) is 0 Å². The van der Waals surface area contributed by atoms with Gasteiger partial charge in [-0.1, -0.05) is 84.9 Å². The van der Waals surface area contributed by atoms with Crippen molar-refractivity contribution in [2.24, 2.45) is 0 Å². The van der Waals surface area contributed by atoms with Gasteiger partial charge in [-0.15, -0.1) is 0 Å². The van der Waals surface area contributed by atoms with Crippen LogP contribution in [0.1, 0.15) is 30.5 Å². The molecule has 2 nitrogen and oxygen atoms in total. The molecule has 29 heavy (non-hydrogen) atoms. The van der Waals surface area contributed by atoms with E-state index in [-0.39, 0.29) is 1.43 Å². The largest absolute Gasteiger partial charge is 0.255 e. The average molecular weight is 379 g/mol. The Kier molecular flexibility index (Phi) is 6.24. The summed E-state index contributed by atoms with van der Waals surface area (Å²) in [7, 11) is 0. The van der Waals surface area contributed by atoms with E-state index in [0.29, 0.717) is 5.92 Å². The fourth-order valence-corrected chi connectivity index (χ4v) is 3.43. The highest BCUT2D eigenvalue weighted by molar-refractivity contribution is 5.53. The standard InChI is InChI=1S/C27H24N2.H2/c1-3-9-22(10-4-1)14-17-25(24-11-5-2-6-12-24)18-15-23-16-19-27(29-21-23)26-13-7-8-20-28-26;/h1-14,16-17,19-21,25H,15,18H2;1H/b17-14-;. The molecule has 0 amide bonds. The lowest BCUT2D eigenvalue weighted by Gasteiger charge is -2.14. The monoisotopic (exact) mass is 378 g/mol. The van der Waals surface area contributed by atoms with Gasteiger partial charge in [-0.25, -0.2) is 0 Å². The molecule has 0 bridgehead atoms. The van der Waals surface area contributed by atoms with Crippen LogP contribution in [-0.2, 0) is 6.42 Å². The maximum Gasteiger partial charge on any atom is 0.0886 e. The SMILES string of the molecule is C(=C/C(CCc1ccc(-c2ccccn2)nc1)c1ccccc1)/c1ccccc1.[HH]. The molecule has 2 aromatic heterocycles. The van der Waals surface area contributed by atoms with E-state index in [1.54, 1.807) is 6.20 Å². The molecule has 0 N–H and O–H groups in total. The number of aryl methyl sites for hydroxylation is 1. The van der Waals surface area contributed by atoms with E-state index in [1.807, 2.05) is 30.5 Å². The third-order valence-corrected chi connectivity index (χ3v) is 5.04. The quantitative estimate of drug-likeness (QED) is 0.353. The highest BCUT2D eigenvalue weighted by atomic mass is 14.8. The van der Waals surface area contributed by atoms with Gasteiger partial charge in [0, 0.05) is 19.7 Å². The summed E-state index contributed by atoms with van der Waals surface area (Å²) in [6.07, 6.45) is 10.3. The van der Waals surface area contributed by atoms with Crippen LogP contribution in [0.4, 0.5) is 0 Å². The molecule has 0 spiro atoms. The van der Waals surface area contributed by atoms with Crippen LogP contribution in [0.5, 0.6) is 0 Å². The van der Waals surface area contributed by atoms with Gasteiger partial charge in [0.2, 0.25) is 0 Å². The summed E-state index contributed by atoms with van der Waals surface area (Å²) in [5.41, 5.74) is 5.65. The van der Waals surface area contributed by atoms with Crippen molar-refractivity contribution in [1.82, 2.24) is 9.97 Å². The van der Waals surface area contributed by atoms with Crippen molar-refractivity contribution in [2.75, 3.05) is 0 Å². The zero-order valence-electron chi connectivity index (χ0n) is 16.4. The topological polar surface area (TPSA) is 25.8 Å². The minimum absolute atomic E-state index is 0. The third-order valence-electron chi connectivity index (χ3n) is 5.04. The van der Waals surface area contributed by atoms with Gasteiger partial charge in [0.05, 0.1) is 11.4 Å². The Morgan fingerprint density at radius 1 is 0.724 bits per heavy atom. The van der Waals surface area contributed by atoms with Crippen molar-refractivity contribution in [3.05, 3.63) is 126 Å². The van der Waals surface area contributed by atoms with Crippen molar-refractivity contribution < 1.29 is 1.43 Å². The Balaban J connectivity index is 0.00000256. The average Bonchev–Trinajstić information content (AvgIpc) is 2.81. The van der Waals surface area contributed by atoms with Gasteiger partial charge in [0.1, 0.15) is 0 Å². The molecule has 2 heterocycles. The zero-order chi connectivity index (χ0) is 19.7. The lowest BCUT2D eigenvalue weighted by molar-refractivity contribution is 0.736. The summed E-state index contributed by atoms with van der Waals surface area (Å²) >= 11 is 0. The molecule has 0 aliphatic carbocycles. The Hall–Kier alpha value is -3.52. The molecule has 2 aromatic carbocycles. The molecule has 4 rings (SSSR count). The zero-order valence-corrected chi connectivity index (χ0v) is 16.4. The first-order chi connectivity index (χ1) is 14.4. The van der Waals surface area contributed by atoms with Gasteiger partial charge in [-0.05, 0) is 47.7 Å². The first kappa shape index (κ1) is 18.8. The summed E-state index contributed by atoms with van der Waals surface area (Å²) in [5.74, 6) is 0.367. The van der Waals surface area contributed by atoms with E-state index >= 15 is 0 Å². The van der Waals surface area contributed by atoms with Crippen LogP contribution >= 0.6 is 0 Å². The molecule has 0 saturated carbocycles. The summed E-state index contributed by atoms with van der Waals surface area (Å²) < 4.78 is 0. The second kappa shape index (κ2) is 9.61. The maximum atomic E-state index is 4.61. The number of pyridine rings is 2. The Morgan fingerprint density at radius 2 is 1.45 bits per heavy atom. The molecule has 0 aliphatic heterocycles.